The second kappa shape index (κ2) is 6.76. The van der Waals surface area contributed by atoms with Crippen LogP contribution in [0.3, 0.4) is 0 Å². The monoisotopic (exact) mass is 370 g/mol. The second-order valence-corrected chi connectivity index (χ2v) is 9.16. The Balaban J connectivity index is 1.63. The van der Waals surface area contributed by atoms with Gasteiger partial charge >= 0.3 is 0 Å². The Morgan fingerprint density at radius 3 is 1.14 bits per heavy atom. The fourth-order valence-electron chi connectivity index (χ4n) is 5.58. The predicted octanol–water partition coefficient (Wildman–Crippen LogP) is 7.86. The minimum Gasteiger partial charge on any atom is -0.0764 e. The van der Waals surface area contributed by atoms with Gasteiger partial charge in [0.25, 0.3) is 0 Å². The maximum atomic E-state index is 2.46. The third-order valence-electron chi connectivity index (χ3n) is 8.09. The quantitative estimate of drug-likeness (QED) is 0.516. The van der Waals surface area contributed by atoms with Crippen molar-refractivity contribution in [3.8, 4) is 0 Å². The Labute approximate surface area is 171 Å². The van der Waals surface area contributed by atoms with Gasteiger partial charge in [-0.15, -0.1) is 0 Å². The van der Waals surface area contributed by atoms with Crippen LogP contribution in [-0.2, 0) is 0 Å². The van der Waals surface area contributed by atoms with Crippen molar-refractivity contribution >= 4 is 12.2 Å². The molecule has 0 radical (unpaired) electrons. The highest BCUT2D eigenvalue weighted by Gasteiger charge is 2.27. The smallest absolute Gasteiger partial charge is 0.00303 e. The molecule has 0 N–H and O–H groups in total. The van der Waals surface area contributed by atoms with Crippen LogP contribution in [0.2, 0.25) is 0 Å². The van der Waals surface area contributed by atoms with Crippen molar-refractivity contribution in [2.75, 3.05) is 0 Å². The third-order valence-corrected chi connectivity index (χ3v) is 8.09. The van der Waals surface area contributed by atoms with E-state index in [2.05, 4.69) is 79.7 Å². The molecule has 0 fully saturated rings. The molecule has 0 heterocycles. The van der Waals surface area contributed by atoms with Crippen LogP contribution in [-0.4, -0.2) is 0 Å². The maximum absolute atomic E-state index is 2.46. The lowest BCUT2D eigenvalue weighted by Gasteiger charge is -2.23. The molecule has 0 amide bonds. The molecule has 28 heavy (non-hydrogen) atoms. The Hall–Kier alpha value is -2.08. The van der Waals surface area contributed by atoms with Gasteiger partial charge in [0.05, 0.1) is 0 Å². The standard InChI is InChI=1S/C28H34/c1-15-17(3)21(7)27-23(11-13-25(27)19(15)5)9-10-24-12-14-26-20(6)16(2)18(4)22(8)28(24)26/h11-14,23-24H,9-10H2,1-8H3. The van der Waals surface area contributed by atoms with E-state index in [0.717, 1.165) is 0 Å². The highest BCUT2D eigenvalue weighted by atomic mass is 14.3. The van der Waals surface area contributed by atoms with E-state index in [9.17, 15) is 0 Å². The van der Waals surface area contributed by atoms with Crippen LogP contribution in [0.4, 0.5) is 0 Å². The lowest BCUT2D eigenvalue weighted by Crippen LogP contribution is -2.06. The second-order valence-electron chi connectivity index (χ2n) is 9.16. The lowest BCUT2D eigenvalue weighted by atomic mass is 9.81. The van der Waals surface area contributed by atoms with E-state index < -0.39 is 0 Å². The van der Waals surface area contributed by atoms with E-state index in [1.807, 2.05) is 0 Å². The minimum absolute atomic E-state index is 0.568. The van der Waals surface area contributed by atoms with Crippen molar-refractivity contribution in [2.24, 2.45) is 0 Å². The van der Waals surface area contributed by atoms with Crippen molar-refractivity contribution in [1.82, 2.24) is 0 Å². The van der Waals surface area contributed by atoms with Gasteiger partial charge in [-0.1, -0.05) is 24.3 Å². The molecule has 4 rings (SSSR count). The van der Waals surface area contributed by atoms with Gasteiger partial charge in [-0.2, -0.15) is 0 Å². The summed E-state index contributed by atoms with van der Waals surface area (Å²) >= 11 is 0. The van der Waals surface area contributed by atoms with E-state index in [4.69, 9.17) is 0 Å². The van der Waals surface area contributed by atoms with Crippen LogP contribution in [0.15, 0.2) is 12.2 Å². The number of hydrogen-bond donors (Lipinski definition) is 0. The summed E-state index contributed by atoms with van der Waals surface area (Å²) in [4.78, 5) is 0. The van der Waals surface area contributed by atoms with Gasteiger partial charge in [0.2, 0.25) is 0 Å². The topological polar surface area (TPSA) is 0 Å². The molecule has 2 aromatic rings. The molecule has 2 aromatic carbocycles. The summed E-state index contributed by atoms with van der Waals surface area (Å²) < 4.78 is 0. The number of benzene rings is 2. The number of rotatable bonds is 3. The molecule has 146 valence electrons. The van der Waals surface area contributed by atoms with Crippen molar-refractivity contribution in [2.45, 2.75) is 80.1 Å². The van der Waals surface area contributed by atoms with Crippen LogP contribution in [0.25, 0.3) is 12.2 Å². The molecule has 0 aliphatic heterocycles. The zero-order chi connectivity index (χ0) is 20.3. The van der Waals surface area contributed by atoms with Crippen LogP contribution >= 0.6 is 0 Å². The predicted molar refractivity (Wildman–Crippen MR) is 124 cm³/mol. The Kier molecular flexibility index (Phi) is 4.65. The van der Waals surface area contributed by atoms with Gasteiger partial charge in [0.15, 0.2) is 0 Å². The fraction of sp³-hybridized carbons (Fsp3) is 0.429. The fourth-order valence-corrected chi connectivity index (χ4v) is 5.58. The normalized spacial score (nSPS) is 19.4. The molecule has 2 aliphatic carbocycles. The average Bonchev–Trinajstić information content (AvgIpc) is 3.30. The summed E-state index contributed by atoms with van der Waals surface area (Å²) in [7, 11) is 0. The summed E-state index contributed by atoms with van der Waals surface area (Å²) in [6.45, 7) is 18.4. The lowest BCUT2D eigenvalue weighted by molar-refractivity contribution is 0.637. The summed E-state index contributed by atoms with van der Waals surface area (Å²) in [5, 5.41) is 0. The summed E-state index contributed by atoms with van der Waals surface area (Å²) in [6, 6.07) is 0. The van der Waals surface area contributed by atoms with Crippen LogP contribution in [0.5, 0.6) is 0 Å². The highest BCUT2D eigenvalue weighted by molar-refractivity contribution is 5.71. The molecule has 2 unspecified atom stereocenters. The SMILES string of the molecule is Cc1c(C)c(C)c2c(c1C)C=CC2CCC1C=Cc2c(C)c(C)c(C)c(C)c21. The first kappa shape index (κ1) is 19.2. The number of hydrogen-bond acceptors (Lipinski definition) is 0. The van der Waals surface area contributed by atoms with E-state index in [0.29, 0.717) is 11.8 Å². The van der Waals surface area contributed by atoms with E-state index in [1.165, 1.54) is 68.5 Å². The molecule has 0 saturated heterocycles. The van der Waals surface area contributed by atoms with Crippen LogP contribution in [0.1, 0.15) is 91.4 Å². The summed E-state index contributed by atoms with van der Waals surface area (Å²) in [5.41, 5.74) is 18.0. The Bertz CT molecular complexity index is 958. The zero-order valence-corrected chi connectivity index (χ0v) is 18.9. The molecule has 0 heteroatoms. The van der Waals surface area contributed by atoms with Crippen molar-refractivity contribution in [3.05, 3.63) is 78.9 Å². The van der Waals surface area contributed by atoms with Gasteiger partial charge < -0.3 is 0 Å². The zero-order valence-electron chi connectivity index (χ0n) is 18.9. The Morgan fingerprint density at radius 1 is 0.464 bits per heavy atom. The van der Waals surface area contributed by atoms with Gasteiger partial charge in [-0.25, -0.2) is 0 Å². The summed E-state index contributed by atoms with van der Waals surface area (Å²) in [5.74, 6) is 1.14. The molecule has 0 spiro atoms. The molecule has 0 nitrogen and oxygen atoms in total. The van der Waals surface area contributed by atoms with Crippen LogP contribution in [0, 0.1) is 55.4 Å². The first-order valence-corrected chi connectivity index (χ1v) is 10.8. The number of allylic oxidation sites excluding steroid dienone is 2. The largest absolute Gasteiger partial charge is 0.0764 e. The van der Waals surface area contributed by atoms with Crippen molar-refractivity contribution in [1.29, 1.82) is 0 Å². The Morgan fingerprint density at radius 2 is 0.786 bits per heavy atom. The maximum Gasteiger partial charge on any atom is 0.00303 e. The molecule has 0 aromatic heterocycles. The van der Waals surface area contributed by atoms with Gasteiger partial charge in [0, 0.05) is 11.8 Å². The third kappa shape index (κ3) is 2.65. The molecule has 2 aliphatic rings. The molecule has 0 bridgehead atoms. The molecular formula is C28H34. The van der Waals surface area contributed by atoms with Crippen molar-refractivity contribution in [3.63, 3.8) is 0 Å². The van der Waals surface area contributed by atoms with Gasteiger partial charge in [-0.3, -0.25) is 0 Å². The number of fused-ring (bicyclic) bond motifs is 2. The van der Waals surface area contributed by atoms with E-state index in [-0.39, 0.29) is 0 Å². The average molecular weight is 371 g/mol. The summed E-state index contributed by atoms with van der Waals surface area (Å²) in [6.07, 6.45) is 12.1. The van der Waals surface area contributed by atoms with E-state index in [1.54, 1.807) is 11.1 Å². The molecular weight excluding hydrogens is 336 g/mol. The van der Waals surface area contributed by atoms with Gasteiger partial charge in [0.1, 0.15) is 0 Å². The van der Waals surface area contributed by atoms with E-state index >= 15 is 0 Å². The van der Waals surface area contributed by atoms with Crippen molar-refractivity contribution < 1.29 is 0 Å². The molecule has 0 saturated carbocycles. The van der Waals surface area contributed by atoms with Gasteiger partial charge in [-0.05, 0) is 135 Å². The van der Waals surface area contributed by atoms with Crippen LogP contribution < -0.4 is 0 Å². The first-order chi connectivity index (χ1) is 13.2. The highest BCUT2D eigenvalue weighted by Crippen LogP contribution is 2.45. The minimum atomic E-state index is 0.568. The first-order valence-electron chi connectivity index (χ1n) is 10.8. The molecule has 2 atom stereocenters.